The van der Waals surface area contributed by atoms with Crippen LogP contribution < -0.4 is 0 Å². The molecule has 0 saturated heterocycles. The first-order valence-corrected chi connectivity index (χ1v) is 12.2. The van der Waals surface area contributed by atoms with Crippen LogP contribution in [0.1, 0.15) is 86.0 Å². The topological polar surface area (TPSA) is 40.5 Å². The Morgan fingerprint density at radius 1 is 1.13 bits per heavy atom. The molecule has 0 heterocycles. The number of aliphatic hydroxyl groups excluding tert-OH is 2. The van der Waals surface area contributed by atoms with Gasteiger partial charge in [-0.3, -0.25) is 0 Å². The maximum atomic E-state index is 10.2. The van der Waals surface area contributed by atoms with Crippen molar-refractivity contribution in [3.8, 4) is 0 Å². The van der Waals surface area contributed by atoms with Crippen LogP contribution in [0.25, 0.3) is 0 Å². The summed E-state index contributed by atoms with van der Waals surface area (Å²) >= 11 is 0. The highest BCUT2D eigenvalue weighted by Crippen LogP contribution is 2.66. The Hall–Kier alpha value is -1.12. The zero-order chi connectivity index (χ0) is 22.1. The molecule has 0 spiro atoms. The molecule has 6 atom stereocenters. The quantitative estimate of drug-likeness (QED) is 0.490. The van der Waals surface area contributed by atoms with Gasteiger partial charge in [-0.2, -0.15) is 0 Å². The summed E-state index contributed by atoms with van der Waals surface area (Å²) in [5.74, 6) is 1.95. The van der Waals surface area contributed by atoms with Crippen LogP contribution in [0.15, 0.2) is 47.6 Å². The van der Waals surface area contributed by atoms with Crippen LogP contribution in [0.2, 0.25) is 0 Å². The van der Waals surface area contributed by atoms with E-state index in [2.05, 4.69) is 65.5 Å². The number of allylic oxidation sites excluding steroid dienone is 5. The first kappa shape index (κ1) is 23.5. The molecule has 30 heavy (non-hydrogen) atoms. The molecule has 2 nitrogen and oxygen atoms in total. The van der Waals surface area contributed by atoms with Gasteiger partial charge in [-0.15, -0.1) is 0 Å². The summed E-state index contributed by atoms with van der Waals surface area (Å²) in [5, 5.41) is 20.2. The molecule has 0 bridgehead atoms. The molecule has 3 fully saturated rings. The zero-order valence-electron chi connectivity index (χ0n) is 20.0. The van der Waals surface area contributed by atoms with Gasteiger partial charge >= 0.3 is 0 Å². The van der Waals surface area contributed by atoms with Crippen LogP contribution in [0.3, 0.4) is 0 Å². The predicted octanol–water partition coefficient (Wildman–Crippen LogP) is 6.76. The van der Waals surface area contributed by atoms with Crippen molar-refractivity contribution in [1.82, 2.24) is 0 Å². The Kier molecular flexibility index (Phi) is 7.19. The molecular weight excluding hydrogens is 368 g/mol. The third-order valence-electron chi connectivity index (χ3n) is 8.94. The van der Waals surface area contributed by atoms with Gasteiger partial charge in [0.25, 0.3) is 0 Å². The first-order chi connectivity index (χ1) is 14.1. The summed E-state index contributed by atoms with van der Waals surface area (Å²) in [4.78, 5) is 0. The Morgan fingerprint density at radius 2 is 1.87 bits per heavy atom. The number of hydrogen-bond donors (Lipinski definition) is 2. The lowest BCUT2D eigenvalue weighted by atomic mass is 9.54. The molecular formula is C28H44O2. The lowest BCUT2D eigenvalue weighted by Crippen LogP contribution is -2.43. The molecule has 2 heteroatoms. The average molecular weight is 413 g/mol. The van der Waals surface area contributed by atoms with Crippen LogP contribution in [0.4, 0.5) is 0 Å². The maximum absolute atomic E-state index is 10.2. The molecule has 3 aliphatic carbocycles. The van der Waals surface area contributed by atoms with Gasteiger partial charge in [-0.05, 0) is 84.7 Å². The monoisotopic (exact) mass is 412 g/mol. The Bertz CT molecular complexity index is 727. The zero-order valence-corrected chi connectivity index (χ0v) is 20.0. The van der Waals surface area contributed by atoms with Gasteiger partial charge in [0, 0.05) is 6.42 Å². The molecule has 168 valence electrons. The van der Waals surface area contributed by atoms with Crippen LogP contribution >= 0.6 is 0 Å². The largest absolute Gasteiger partial charge is 0.393 e. The second kappa shape index (κ2) is 9.17. The van der Waals surface area contributed by atoms with Crippen LogP contribution in [-0.4, -0.2) is 22.4 Å². The molecule has 0 radical (unpaired) electrons. The second-order valence-corrected chi connectivity index (χ2v) is 11.2. The van der Waals surface area contributed by atoms with Gasteiger partial charge in [0.05, 0.1) is 12.2 Å². The van der Waals surface area contributed by atoms with Crippen molar-refractivity contribution in [3.05, 3.63) is 47.6 Å². The standard InChI is InChI=1S/C28H44O2/c1-19(2)9-7-10-20(3)27(5)16-14-25-22(11-8-15-28(25,27)6)12-13-23-17-24(29)18-26(30)21(23)4/h7,10,12-13,19-20,24-26,29-30H,4,8-9,11,14-18H2,1-3,5-6H3. The normalized spacial score (nSPS) is 41.2. The van der Waals surface area contributed by atoms with Crippen molar-refractivity contribution >= 4 is 0 Å². The van der Waals surface area contributed by atoms with E-state index in [-0.39, 0.29) is 0 Å². The minimum Gasteiger partial charge on any atom is -0.393 e. The summed E-state index contributed by atoms with van der Waals surface area (Å²) in [7, 11) is 0. The van der Waals surface area contributed by atoms with E-state index < -0.39 is 12.2 Å². The van der Waals surface area contributed by atoms with E-state index in [0.717, 1.165) is 17.1 Å². The van der Waals surface area contributed by atoms with Crippen LogP contribution in [0, 0.1) is 28.6 Å². The SMILES string of the molecule is C=C1C(=CC=C2CCCC3(C)C2CCC3(C)C(C)C=CCC(C)C)CC(O)CC1O. The fraction of sp³-hybridized carbons (Fsp3) is 0.714. The molecule has 3 rings (SSSR count). The fourth-order valence-electron chi connectivity index (χ4n) is 6.51. The Balaban J connectivity index is 1.82. The smallest absolute Gasteiger partial charge is 0.0811 e. The first-order valence-electron chi connectivity index (χ1n) is 12.2. The van der Waals surface area contributed by atoms with Crippen molar-refractivity contribution in [2.75, 3.05) is 0 Å². The molecule has 0 aromatic rings. The molecule has 0 amide bonds. The van der Waals surface area contributed by atoms with Crippen molar-refractivity contribution in [1.29, 1.82) is 0 Å². The lowest BCUT2D eigenvalue weighted by Gasteiger charge is -2.50. The number of fused-ring (bicyclic) bond motifs is 1. The minimum atomic E-state index is -0.608. The molecule has 6 unspecified atom stereocenters. The summed E-state index contributed by atoms with van der Waals surface area (Å²) in [6, 6.07) is 0. The van der Waals surface area contributed by atoms with Crippen LogP contribution in [-0.2, 0) is 0 Å². The number of hydrogen-bond acceptors (Lipinski definition) is 2. The molecule has 3 aliphatic rings. The maximum Gasteiger partial charge on any atom is 0.0811 e. The summed E-state index contributed by atoms with van der Waals surface area (Å²) in [6.45, 7) is 16.2. The van der Waals surface area contributed by atoms with E-state index in [0.29, 0.717) is 35.5 Å². The van der Waals surface area contributed by atoms with E-state index in [1.54, 1.807) is 5.57 Å². The van der Waals surface area contributed by atoms with Gasteiger partial charge < -0.3 is 10.2 Å². The molecule has 0 aliphatic heterocycles. The third-order valence-corrected chi connectivity index (χ3v) is 8.94. The lowest BCUT2D eigenvalue weighted by molar-refractivity contribution is 0.0222. The van der Waals surface area contributed by atoms with E-state index >= 15 is 0 Å². The van der Waals surface area contributed by atoms with E-state index in [1.807, 2.05) is 0 Å². The second-order valence-electron chi connectivity index (χ2n) is 11.2. The van der Waals surface area contributed by atoms with E-state index in [9.17, 15) is 10.2 Å². The summed E-state index contributed by atoms with van der Waals surface area (Å²) in [5.41, 5.74) is 4.04. The highest BCUT2D eigenvalue weighted by atomic mass is 16.3. The molecule has 0 aromatic heterocycles. The molecule has 2 N–H and O–H groups in total. The number of aliphatic hydroxyl groups is 2. The highest BCUT2D eigenvalue weighted by molar-refractivity contribution is 5.39. The number of rotatable bonds is 5. The van der Waals surface area contributed by atoms with Crippen molar-refractivity contribution < 1.29 is 10.2 Å². The summed E-state index contributed by atoms with van der Waals surface area (Å²) in [6.07, 6.45) is 16.8. The predicted molar refractivity (Wildman–Crippen MR) is 127 cm³/mol. The van der Waals surface area contributed by atoms with Crippen molar-refractivity contribution in [2.45, 2.75) is 98.2 Å². The molecule has 3 saturated carbocycles. The van der Waals surface area contributed by atoms with Gasteiger partial charge in [0.15, 0.2) is 0 Å². The van der Waals surface area contributed by atoms with Gasteiger partial charge in [0.2, 0.25) is 0 Å². The van der Waals surface area contributed by atoms with Crippen molar-refractivity contribution in [2.24, 2.45) is 28.6 Å². The van der Waals surface area contributed by atoms with Gasteiger partial charge in [-0.25, -0.2) is 0 Å². The van der Waals surface area contributed by atoms with E-state index in [1.165, 1.54) is 38.5 Å². The third kappa shape index (κ3) is 4.41. The van der Waals surface area contributed by atoms with Gasteiger partial charge in [0.1, 0.15) is 0 Å². The highest BCUT2D eigenvalue weighted by Gasteiger charge is 2.57. The molecule has 0 aromatic carbocycles. The minimum absolute atomic E-state index is 0.332. The van der Waals surface area contributed by atoms with E-state index in [4.69, 9.17) is 0 Å². The summed E-state index contributed by atoms with van der Waals surface area (Å²) < 4.78 is 0. The van der Waals surface area contributed by atoms with Crippen LogP contribution in [0.5, 0.6) is 0 Å². The average Bonchev–Trinajstić information content (AvgIpc) is 2.95. The van der Waals surface area contributed by atoms with Crippen molar-refractivity contribution in [3.63, 3.8) is 0 Å². The fourth-order valence-corrected chi connectivity index (χ4v) is 6.51. The Labute approximate surface area is 184 Å². The Morgan fingerprint density at radius 3 is 2.57 bits per heavy atom. The van der Waals surface area contributed by atoms with Gasteiger partial charge in [-0.1, -0.05) is 71.1 Å².